The molecule has 0 aromatic carbocycles. The fraction of sp³-hybridized carbons (Fsp3) is 1.00. The minimum atomic E-state index is 0.238. The van der Waals surface area contributed by atoms with Gasteiger partial charge in [-0.2, -0.15) is 0 Å². The standard InChI is InChI=1S/C11H22O/c1-5-6-9(2)7-8-11(4)10(3)12-11/h9-10H,5-8H2,1-4H3. The van der Waals surface area contributed by atoms with Crippen LogP contribution in [0, 0.1) is 5.92 Å². The highest BCUT2D eigenvalue weighted by molar-refractivity contribution is 4.95. The maximum absolute atomic E-state index is 5.53. The van der Waals surface area contributed by atoms with E-state index in [9.17, 15) is 0 Å². The van der Waals surface area contributed by atoms with Crippen LogP contribution in [0.15, 0.2) is 0 Å². The summed E-state index contributed by atoms with van der Waals surface area (Å²) in [5, 5.41) is 0. The summed E-state index contributed by atoms with van der Waals surface area (Å²) < 4.78 is 5.53. The molecule has 1 fully saturated rings. The molecular weight excluding hydrogens is 148 g/mol. The molecule has 0 bridgehead atoms. The fourth-order valence-corrected chi connectivity index (χ4v) is 1.80. The Morgan fingerprint density at radius 2 is 2.00 bits per heavy atom. The summed E-state index contributed by atoms with van der Waals surface area (Å²) in [4.78, 5) is 0. The monoisotopic (exact) mass is 170 g/mol. The summed E-state index contributed by atoms with van der Waals surface area (Å²) >= 11 is 0. The number of hydrogen-bond acceptors (Lipinski definition) is 1. The van der Waals surface area contributed by atoms with Crippen LogP contribution in [0.5, 0.6) is 0 Å². The average molecular weight is 170 g/mol. The lowest BCUT2D eigenvalue weighted by molar-refractivity contribution is 0.280. The zero-order chi connectivity index (χ0) is 9.19. The molecule has 3 atom stereocenters. The van der Waals surface area contributed by atoms with E-state index >= 15 is 0 Å². The molecule has 12 heavy (non-hydrogen) atoms. The van der Waals surface area contributed by atoms with Gasteiger partial charge in [-0.05, 0) is 32.6 Å². The maximum Gasteiger partial charge on any atom is 0.0917 e. The van der Waals surface area contributed by atoms with Gasteiger partial charge in [0.2, 0.25) is 0 Å². The Balaban J connectivity index is 2.09. The van der Waals surface area contributed by atoms with Gasteiger partial charge in [0.15, 0.2) is 0 Å². The highest BCUT2D eigenvalue weighted by atomic mass is 16.6. The Bertz CT molecular complexity index is 144. The van der Waals surface area contributed by atoms with Crippen molar-refractivity contribution in [1.82, 2.24) is 0 Å². The number of rotatable bonds is 5. The van der Waals surface area contributed by atoms with Crippen molar-refractivity contribution in [3.8, 4) is 0 Å². The van der Waals surface area contributed by atoms with Crippen molar-refractivity contribution in [2.24, 2.45) is 5.92 Å². The highest BCUT2D eigenvalue weighted by Gasteiger charge is 2.47. The Morgan fingerprint density at radius 1 is 1.42 bits per heavy atom. The molecular formula is C11H22O. The van der Waals surface area contributed by atoms with Crippen LogP contribution in [0.4, 0.5) is 0 Å². The van der Waals surface area contributed by atoms with Gasteiger partial charge in [-0.1, -0.05) is 26.7 Å². The molecule has 0 aromatic rings. The highest BCUT2D eigenvalue weighted by Crippen LogP contribution is 2.40. The molecule has 0 radical (unpaired) electrons. The normalized spacial score (nSPS) is 36.5. The first-order valence-electron chi connectivity index (χ1n) is 5.26. The van der Waals surface area contributed by atoms with Gasteiger partial charge in [0.05, 0.1) is 11.7 Å². The lowest BCUT2D eigenvalue weighted by Gasteiger charge is -2.11. The van der Waals surface area contributed by atoms with Gasteiger partial charge < -0.3 is 4.74 Å². The van der Waals surface area contributed by atoms with Crippen molar-refractivity contribution >= 4 is 0 Å². The minimum absolute atomic E-state index is 0.238. The molecule has 1 saturated heterocycles. The first-order valence-corrected chi connectivity index (χ1v) is 5.26. The largest absolute Gasteiger partial charge is 0.367 e. The summed E-state index contributed by atoms with van der Waals surface area (Å²) in [6.07, 6.45) is 5.76. The lowest BCUT2D eigenvalue weighted by atomic mass is 9.93. The van der Waals surface area contributed by atoms with Crippen molar-refractivity contribution in [2.45, 2.75) is 65.1 Å². The second-order valence-corrected chi connectivity index (χ2v) is 4.51. The molecule has 0 aliphatic carbocycles. The second kappa shape index (κ2) is 3.78. The first kappa shape index (κ1) is 10.0. The van der Waals surface area contributed by atoms with Gasteiger partial charge in [-0.3, -0.25) is 0 Å². The molecule has 1 aliphatic heterocycles. The first-order chi connectivity index (χ1) is 5.58. The fourth-order valence-electron chi connectivity index (χ4n) is 1.80. The third-order valence-electron chi connectivity index (χ3n) is 3.16. The van der Waals surface area contributed by atoms with Gasteiger partial charge in [0.1, 0.15) is 0 Å². The summed E-state index contributed by atoms with van der Waals surface area (Å²) in [5.74, 6) is 0.878. The molecule has 1 heteroatoms. The van der Waals surface area contributed by atoms with E-state index in [1.807, 2.05) is 0 Å². The summed E-state index contributed by atoms with van der Waals surface area (Å²) in [7, 11) is 0. The number of epoxide rings is 1. The summed E-state index contributed by atoms with van der Waals surface area (Å²) in [5.41, 5.74) is 0.238. The van der Waals surface area contributed by atoms with Crippen molar-refractivity contribution in [3.63, 3.8) is 0 Å². The predicted octanol–water partition coefficient (Wildman–Crippen LogP) is 3.38. The minimum Gasteiger partial charge on any atom is -0.367 e. The van der Waals surface area contributed by atoms with Crippen molar-refractivity contribution in [3.05, 3.63) is 0 Å². The van der Waals surface area contributed by atoms with E-state index in [2.05, 4.69) is 27.7 Å². The van der Waals surface area contributed by atoms with Crippen LogP contribution < -0.4 is 0 Å². The molecule has 72 valence electrons. The van der Waals surface area contributed by atoms with E-state index in [4.69, 9.17) is 4.74 Å². The van der Waals surface area contributed by atoms with E-state index < -0.39 is 0 Å². The van der Waals surface area contributed by atoms with Crippen LogP contribution in [0.25, 0.3) is 0 Å². The molecule has 0 aromatic heterocycles. The zero-order valence-corrected chi connectivity index (χ0v) is 8.89. The van der Waals surface area contributed by atoms with Crippen molar-refractivity contribution in [1.29, 1.82) is 0 Å². The van der Waals surface area contributed by atoms with Crippen LogP contribution in [-0.4, -0.2) is 11.7 Å². The molecule has 0 spiro atoms. The number of ether oxygens (including phenoxy) is 1. The van der Waals surface area contributed by atoms with E-state index in [0.717, 1.165) is 5.92 Å². The van der Waals surface area contributed by atoms with Crippen LogP contribution in [-0.2, 0) is 4.74 Å². The molecule has 1 aliphatic rings. The Kier molecular flexibility index (Phi) is 3.16. The summed E-state index contributed by atoms with van der Waals surface area (Å²) in [6.45, 7) is 9.01. The second-order valence-electron chi connectivity index (χ2n) is 4.51. The molecule has 0 amide bonds. The van der Waals surface area contributed by atoms with Gasteiger partial charge >= 0.3 is 0 Å². The van der Waals surface area contributed by atoms with E-state index in [1.54, 1.807) is 0 Å². The van der Waals surface area contributed by atoms with Crippen LogP contribution in [0.2, 0.25) is 0 Å². The quantitative estimate of drug-likeness (QED) is 0.576. The molecule has 1 nitrogen and oxygen atoms in total. The lowest BCUT2D eigenvalue weighted by Crippen LogP contribution is -2.10. The molecule has 0 saturated carbocycles. The van der Waals surface area contributed by atoms with Gasteiger partial charge in [-0.25, -0.2) is 0 Å². The number of hydrogen-bond donors (Lipinski definition) is 0. The molecule has 1 heterocycles. The molecule has 3 unspecified atom stereocenters. The van der Waals surface area contributed by atoms with Crippen LogP contribution in [0.3, 0.4) is 0 Å². The predicted molar refractivity (Wildman–Crippen MR) is 52.3 cm³/mol. The van der Waals surface area contributed by atoms with Crippen LogP contribution in [0.1, 0.15) is 53.4 Å². The van der Waals surface area contributed by atoms with Gasteiger partial charge in [-0.15, -0.1) is 0 Å². The SMILES string of the molecule is CCCC(C)CCC1(C)OC1C. The third kappa shape index (κ3) is 2.48. The topological polar surface area (TPSA) is 12.5 Å². The van der Waals surface area contributed by atoms with Gasteiger partial charge in [0, 0.05) is 0 Å². The third-order valence-corrected chi connectivity index (χ3v) is 3.16. The zero-order valence-electron chi connectivity index (χ0n) is 8.89. The van der Waals surface area contributed by atoms with E-state index in [0.29, 0.717) is 6.10 Å². The van der Waals surface area contributed by atoms with Crippen molar-refractivity contribution < 1.29 is 4.74 Å². The Labute approximate surface area is 76.5 Å². The smallest absolute Gasteiger partial charge is 0.0917 e. The molecule has 0 N–H and O–H groups in total. The summed E-state index contributed by atoms with van der Waals surface area (Å²) in [6, 6.07) is 0. The van der Waals surface area contributed by atoms with Crippen LogP contribution >= 0.6 is 0 Å². The van der Waals surface area contributed by atoms with E-state index in [1.165, 1.54) is 25.7 Å². The van der Waals surface area contributed by atoms with Crippen molar-refractivity contribution in [2.75, 3.05) is 0 Å². The van der Waals surface area contributed by atoms with Gasteiger partial charge in [0.25, 0.3) is 0 Å². The Hall–Kier alpha value is -0.0400. The molecule has 1 rings (SSSR count). The Morgan fingerprint density at radius 3 is 2.42 bits per heavy atom. The average Bonchev–Trinajstić information content (AvgIpc) is 2.58. The maximum atomic E-state index is 5.53. The van der Waals surface area contributed by atoms with E-state index in [-0.39, 0.29) is 5.60 Å².